The van der Waals surface area contributed by atoms with Gasteiger partial charge in [0.1, 0.15) is 12.1 Å². The molecule has 0 spiro atoms. The van der Waals surface area contributed by atoms with E-state index in [1.54, 1.807) is 16.8 Å². The maximum Gasteiger partial charge on any atom is 0.410 e. The smallest absolute Gasteiger partial charge is 0.410 e. The van der Waals surface area contributed by atoms with Crippen LogP contribution in [0.15, 0.2) is 0 Å². The summed E-state index contributed by atoms with van der Waals surface area (Å²) in [6.45, 7) is 9.21. The number of carbonyl (C=O) groups excluding carboxylic acids is 3. The van der Waals surface area contributed by atoms with E-state index >= 15 is 0 Å². The van der Waals surface area contributed by atoms with Gasteiger partial charge in [0.2, 0.25) is 11.8 Å². The first kappa shape index (κ1) is 27.4. The van der Waals surface area contributed by atoms with Crippen molar-refractivity contribution in [2.45, 2.75) is 54.1 Å². The summed E-state index contributed by atoms with van der Waals surface area (Å²) in [6.07, 6.45) is 1.46. The van der Waals surface area contributed by atoms with Crippen molar-refractivity contribution in [1.82, 2.24) is 20.0 Å². The predicted molar refractivity (Wildman–Crippen MR) is 109 cm³/mol. The molecule has 3 amide bonds. The van der Waals surface area contributed by atoms with Crippen molar-refractivity contribution in [2.24, 2.45) is 0 Å². The number of hydrogen-bond donors (Lipinski definition) is 1. The number of likely N-dealkylation sites (N-methyl/N-ethyl adjacent to an activating group) is 2. The molecule has 1 N–H and O–H groups in total. The van der Waals surface area contributed by atoms with Crippen LogP contribution in [0.25, 0.3) is 0 Å². The Kier molecular flexibility index (Phi) is 12.7. The second-order valence-corrected chi connectivity index (χ2v) is 7.42. The molecule has 0 unspecified atom stereocenters. The van der Waals surface area contributed by atoms with Crippen molar-refractivity contribution in [2.75, 3.05) is 53.4 Å². The van der Waals surface area contributed by atoms with E-state index in [1.807, 2.05) is 27.8 Å². The summed E-state index contributed by atoms with van der Waals surface area (Å²) in [5.41, 5.74) is -0.516. The highest BCUT2D eigenvalue weighted by molar-refractivity contribution is 5.82. The number of amides is 3. The Balaban J connectivity index is 0. The zero-order valence-electron chi connectivity index (χ0n) is 16.1. The molecule has 0 bridgehead atoms. The standard InChI is InChI=1S/C11H20N2O3.C6H12N2O.2CH4/c1-11(2,3)16-10(15)13-7-5-6-12(4)9(14)8-13;1-8-4-2-3-7-5-6(8)9;;/h5-8H2,1-4H3;7H,2-5H2,1H3;2*1H4. The second kappa shape index (κ2) is 12.5. The number of rotatable bonds is 0. The van der Waals surface area contributed by atoms with Gasteiger partial charge in [-0.05, 0) is 40.2 Å². The molecule has 0 aliphatic carbocycles. The molecule has 0 aromatic rings. The molecule has 0 saturated carbocycles. The van der Waals surface area contributed by atoms with Gasteiger partial charge in [-0.15, -0.1) is 0 Å². The first-order chi connectivity index (χ1) is 11.6. The number of nitrogens with one attached hydrogen (secondary N) is 1. The van der Waals surface area contributed by atoms with E-state index in [-0.39, 0.29) is 33.2 Å². The van der Waals surface area contributed by atoms with Crippen molar-refractivity contribution in [1.29, 1.82) is 0 Å². The van der Waals surface area contributed by atoms with Gasteiger partial charge in [-0.1, -0.05) is 14.9 Å². The summed E-state index contributed by atoms with van der Waals surface area (Å²) in [5, 5.41) is 3.04. The third-order valence-corrected chi connectivity index (χ3v) is 3.87. The zero-order chi connectivity index (χ0) is 19.0. The summed E-state index contributed by atoms with van der Waals surface area (Å²) in [7, 11) is 3.59. The van der Waals surface area contributed by atoms with Crippen LogP contribution in [0.1, 0.15) is 48.5 Å². The first-order valence-corrected chi connectivity index (χ1v) is 8.76. The van der Waals surface area contributed by atoms with E-state index in [0.29, 0.717) is 19.6 Å². The van der Waals surface area contributed by atoms with Crippen molar-refractivity contribution < 1.29 is 19.1 Å². The largest absolute Gasteiger partial charge is 0.444 e. The fourth-order valence-electron chi connectivity index (χ4n) is 2.37. The van der Waals surface area contributed by atoms with Gasteiger partial charge >= 0.3 is 6.09 Å². The Bertz CT molecular complexity index is 477. The van der Waals surface area contributed by atoms with Gasteiger partial charge in [0.05, 0.1) is 6.54 Å². The number of ether oxygens (including phenoxy) is 1. The Morgan fingerprint density at radius 3 is 2.11 bits per heavy atom. The molecule has 0 radical (unpaired) electrons. The van der Waals surface area contributed by atoms with Gasteiger partial charge in [-0.3, -0.25) is 14.5 Å². The van der Waals surface area contributed by atoms with Crippen LogP contribution < -0.4 is 5.32 Å². The van der Waals surface area contributed by atoms with Gasteiger partial charge in [0.25, 0.3) is 0 Å². The van der Waals surface area contributed by atoms with E-state index in [2.05, 4.69) is 5.32 Å². The van der Waals surface area contributed by atoms with Crippen LogP contribution in [0.3, 0.4) is 0 Å². The summed E-state index contributed by atoms with van der Waals surface area (Å²) >= 11 is 0. The van der Waals surface area contributed by atoms with Crippen LogP contribution in [0.4, 0.5) is 4.79 Å². The SMILES string of the molecule is C.C.CN1CCCN(C(=O)OC(C)(C)C)CC1=O.CN1CCCNCC1=O. The first-order valence-electron chi connectivity index (χ1n) is 8.76. The quantitative estimate of drug-likeness (QED) is 0.684. The molecular weight excluding hydrogens is 348 g/mol. The van der Waals surface area contributed by atoms with Gasteiger partial charge < -0.3 is 19.9 Å². The molecule has 0 aromatic carbocycles. The Morgan fingerprint density at radius 2 is 1.52 bits per heavy atom. The topological polar surface area (TPSA) is 82.2 Å². The number of hydrogen-bond acceptors (Lipinski definition) is 5. The summed E-state index contributed by atoms with van der Waals surface area (Å²) in [4.78, 5) is 39.1. The van der Waals surface area contributed by atoms with Gasteiger partial charge in [0.15, 0.2) is 0 Å². The molecule has 0 aromatic heterocycles. The molecule has 2 heterocycles. The lowest BCUT2D eigenvalue weighted by Crippen LogP contribution is -2.41. The molecule has 2 aliphatic rings. The molecule has 2 saturated heterocycles. The fourth-order valence-corrected chi connectivity index (χ4v) is 2.37. The van der Waals surface area contributed by atoms with Gasteiger partial charge in [-0.25, -0.2) is 4.79 Å². The van der Waals surface area contributed by atoms with E-state index in [9.17, 15) is 14.4 Å². The molecular formula is C19H40N4O4. The molecule has 2 rings (SSSR count). The minimum Gasteiger partial charge on any atom is -0.444 e. The predicted octanol–water partition coefficient (Wildman–Crippen LogP) is 1.80. The molecule has 0 atom stereocenters. The lowest BCUT2D eigenvalue weighted by Gasteiger charge is -2.25. The van der Waals surface area contributed by atoms with Crippen LogP contribution in [0.5, 0.6) is 0 Å². The van der Waals surface area contributed by atoms with E-state index in [1.165, 1.54) is 4.90 Å². The van der Waals surface area contributed by atoms with Crippen LogP contribution in [-0.4, -0.2) is 91.6 Å². The molecule has 8 nitrogen and oxygen atoms in total. The zero-order valence-corrected chi connectivity index (χ0v) is 16.1. The van der Waals surface area contributed by atoms with E-state index in [0.717, 1.165) is 25.9 Å². The maximum absolute atomic E-state index is 11.8. The molecule has 8 heteroatoms. The van der Waals surface area contributed by atoms with Crippen LogP contribution >= 0.6 is 0 Å². The highest BCUT2D eigenvalue weighted by Crippen LogP contribution is 2.11. The monoisotopic (exact) mass is 388 g/mol. The number of carbonyl (C=O) groups is 3. The Labute approximate surface area is 165 Å². The van der Waals surface area contributed by atoms with Crippen molar-refractivity contribution in [3.05, 3.63) is 0 Å². The minimum absolute atomic E-state index is 0. The molecule has 2 fully saturated rings. The van der Waals surface area contributed by atoms with Crippen LogP contribution in [-0.2, 0) is 14.3 Å². The van der Waals surface area contributed by atoms with Crippen LogP contribution in [0, 0.1) is 0 Å². The van der Waals surface area contributed by atoms with Crippen molar-refractivity contribution in [3.63, 3.8) is 0 Å². The normalized spacial score (nSPS) is 18.2. The summed E-state index contributed by atoms with van der Waals surface area (Å²) in [6, 6.07) is 0. The Morgan fingerprint density at radius 1 is 0.963 bits per heavy atom. The van der Waals surface area contributed by atoms with Crippen molar-refractivity contribution >= 4 is 17.9 Å². The average Bonchev–Trinajstić information content (AvgIpc) is 2.79. The fraction of sp³-hybridized carbons (Fsp3) is 0.842. The highest BCUT2D eigenvalue weighted by Gasteiger charge is 2.26. The van der Waals surface area contributed by atoms with Crippen LogP contribution in [0.2, 0.25) is 0 Å². The third kappa shape index (κ3) is 10.8. The molecule has 2 aliphatic heterocycles. The maximum atomic E-state index is 11.8. The Hall–Kier alpha value is -1.83. The van der Waals surface area contributed by atoms with E-state index < -0.39 is 11.7 Å². The minimum atomic E-state index is -0.516. The molecule has 27 heavy (non-hydrogen) atoms. The van der Waals surface area contributed by atoms with Gasteiger partial charge in [0, 0.05) is 33.7 Å². The van der Waals surface area contributed by atoms with E-state index in [4.69, 9.17) is 4.74 Å². The third-order valence-electron chi connectivity index (χ3n) is 3.87. The second-order valence-electron chi connectivity index (χ2n) is 7.42. The number of nitrogens with zero attached hydrogens (tertiary/aromatic N) is 3. The lowest BCUT2D eigenvalue weighted by molar-refractivity contribution is -0.130. The average molecular weight is 389 g/mol. The van der Waals surface area contributed by atoms with Gasteiger partial charge in [-0.2, -0.15) is 0 Å². The molecule has 160 valence electrons. The van der Waals surface area contributed by atoms with Crippen molar-refractivity contribution in [3.8, 4) is 0 Å². The lowest BCUT2D eigenvalue weighted by atomic mass is 10.2. The highest BCUT2D eigenvalue weighted by atomic mass is 16.6. The summed E-state index contributed by atoms with van der Waals surface area (Å²) < 4.78 is 5.23. The summed E-state index contributed by atoms with van der Waals surface area (Å²) in [5.74, 6) is 0.163.